The van der Waals surface area contributed by atoms with E-state index >= 15 is 0 Å². The van der Waals surface area contributed by atoms with Gasteiger partial charge in [-0.3, -0.25) is 0 Å². The number of aromatic nitrogens is 1. The maximum absolute atomic E-state index is 12.0. The zero-order valence-corrected chi connectivity index (χ0v) is 14.9. The quantitative estimate of drug-likeness (QED) is 0.805. The van der Waals surface area contributed by atoms with E-state index in [1.807, 2.05) is 24.3 Å². The van der Waals surface area contributed by atoms with Crippen LogP contribution in [0, 0.1) is 0 Å². The number of esters is 1. The number of hydrogen-bond acceptors (Lipinski definition) is 7. The molecule has 1 unspecified atom stereocenters. The van der Waals surface area contributed by atoms with E-state index in [2.05, 4.69) is 15.0 Å². The Labute approximate surface area is 144 Å². The smallest absolute Gasteiger partial charge is 0.407 e. The number of carbonyl (C=O) groups is 2. The number of methoxy groups -OCH3 is 1. The predicted molar refractivity (Wildman–Crippen MR) is 93.3 cm³/mol. The number of fused-ring (bicyclic) bond motifs is 1. The van der Waals surface area contributed by atoms with Crippen LogP contribution in [0.4, 0.5) is 10.6 Å². The predicted octanol–water partition coefficient (Wildman–Crippen LogP) is 2.77. The van der Waals surface area contributed by atoms with Crippen molar-refractivity contribution in [3.05, 3.63) is 24.3 Å². The average molecular weight is 351 g/mol. The van der Waals surface area contributed by atoms with Crippen LogP contribution in [-0.2, 0) is 14.3 Å². The molecule has 0 saturated heterocycles. The molecule has 0 spiro atoms. The lowest BCUT2D eigenvalue weighted by molar-refractivity contribution is -0.141. The van der Waals surface area contributed by atoms with Crippen LogP contribution < -0.4 is 10.6 Å². The third-order valence-corrected chi connectivity index (χ3v) is 3.85. The molecule has 2 N–H and O–H groups in total. The second-order valence-corrected chi connectivity index (χ2v) is 6.94. The Kier molecular flexibility index (Phi) is 5.61. The lowest BCUT2D eigenvalue weighted by Crippen LogP contribution is -2.43. The zero-order valence-electron chi connectivity index (χ0n) is 14.1. The molecule has 0 radical (unpaired) electrons. The van der Waals surface area contributed by atoms with Crippen molar-refractivity contribution in [1.82, 2.24) is 9.69 Å². The molecular formula is C16H21N3O4S. The van der Waals surface area contributed by atoms with Gasteiger partial charge in [-0.1, -0.05) is 12.1 Å². The lowest BCUT2D eigenvalue weighted by atomic mass is 10.2. The number of rotatable bonds is 5. The van der Waals surface area contributed by atoms with E-state index in [0.717, 1.165) is 10.1 Å². The first-order chi connectivity index (χ1) is 11.3. The van der Waals surface area contributed by atoms with Crippen LogP contribution in [0.3, 0.4) is 0 Å². The van der Waals surface area contributed by atoms with E-state index in [9.17, 15) is 9.59 Å². The van der Waals surface area contributed by atoms with Gasteiger partial charge >= 0.3 is 12.1 Å². The minimum absolute atomic E-state index is 0.0213. The van der Waals surface area contributed by atoms with Crippen molar-refractivity contribution in [2.24, 2.45) is 0 Å². The van der Waals surface area contributed by atoms with E-state index in [1.54, 1.807) is 20.8 Å². The van der Waals surface area contributed by atoms with Gasteiger partial charge in [0.15, 0.2) is 0 Å². The van der Waals surface area contributed by atoms with Gasteiger partial charge in [0.25, 0.3) is 0 Å². The fourth-order valence-corrected chi connectivity index (χ4v) is 2.73. The molecule has 0 bridgehead atoms. The van der Waals surface area contributed by atoms with Crippen molar-refractivity contribution in [2.75, 3.05) is 19.0 Å². The van der Waals surface area contributed by atoms with Crippen molar-refractivity contribution in [2.45, 2.75) is 32.4 Å². The van der Waals surface area contributed by atoms with Gasteiger partial charge in [0.1, 0.15) is 17.5 Å². The van der Waals surface area contributed by atoms with Gasteiger partial charge in [-0.2, -0.15) is 4.37 Å². The lowest BCUT2D eigenvalue weighted by Gasteiger charge is -2.21. The van der Waals surface area contributed by atoms with Crippen molar-refractivity contribution in [1.29, 1.82) is 0 Å². The number of benzene rings is 1. The molecule has 130 valence electrons. The summed E-state index contributed by atoms with van der Waals surface area (Å²) in [4.78, 5) is 23.7. The van der Waals surface area contributed by atoms with Crippen LogP contribution in [0.15, 0.2) is 24.3 Å². The second kappa shape index (κ2) is 7.48. The van der Waals surface area contributed by atoms with Crippen LogP contribution in [0.25, 0.3) is 10.1 Å². The molecular weight excluding hydrogens is 330 g/mol. The first-order valence-corrected chi connectivity index (χ1v) is 8.23. The molecule has 2 aromatic rings. The average Bonchev–Trinajstić information content (AvgIpc) is 2.92. The van der Waals surface area contributed by atoms with Crippen molar-refractivity contribution >= 4 is 39.5 Å². The van der Waals surface area contributed by atoms with Crippen LogP contribution >= 0.6 is 11.5 Å². The van der Waals surface area contributed by atoms with Crippen LogP contribution in [0.1, 0.15) is 20.8 Å². The number of hydrogen-bond donors (Lipinski definition) is 2. The minimum Gasteiger partial charge on any atom is -0.467 e. The highest BCUT2D eigenvalue weighted by Crippen LogP contribution is 2.26. The minimum atomic E-state index is -0.770. The summed E-state index contributed by atoms with van der Waals surface area (Å²) in [6.07, 6.45) is -0.596. The molecule has 2 rings (SSSR count). The Morgan fingerprint density at radius 1 is 1.29 bits per heavy atom. The number of amides is 1. The first kappa shape index (κ1) is 18.0. The molecule has 1 heterocycles. The van der Waals surface area contributed by atoms with E-state index in [-0.39, 0.29) is 6.54 Å². The van der Waals surface area contributed by atoms with Crippen LogP contribution in [0.2, 0.25) is 0 Å². The summed E-state index contributed by atoms with van der Waals surface area (Å²) in [5, 5.41) is 6.50. The number of alkyl carbamates (subject to hydrolysis) is 1. The molecule has 0 saturated carbocycles. The normalized spacial score (nSPS) is 12.5. The fourth-order valence-electron chi connectivity index (χ4n) is 1.99. The fraction of sp³-hybridized carbons (Fsp3) is 0.438. The Hall–Kier alpha value is -2.35. The molecule has 0 aliphatic rings. The third-order valence-electron chi connectivity index (χ3n) is 3.02. The highest BCUT2D eigenvalue weighted by atomic mass is 32.1. The van der Waals surface area contributed by atoms with Gasteiger partial charge in [-0.25, -0.2) is 9.59 Å². The van der Waals surface area contributed by atoms with Gasteiger partial charge in [0.2, 0.25) is 0 Å². The number of carbonyl (C=O) groups excluding carboxylic acids is 2. The summed E-state index contributed by atoms with van der Waals surface area (Å²) >= 11 is 1.33. The zero-order chi connectivity index (χ0) is 17.7. The second-order valence-electron chi connectivity index (χ2n) is 6.13. The number of nitrogens with one attached hydrogen (secondary N) is 2. The maximum Gasteiger partial charge on any atom is 0.407 e. The largest absolute Gasteiger partial charge is 0.467 e. The third kappa shape index (κ3) is 4.82. The monoisotopic (exact) mass is 351 g/mol. The topological polar surface area (TPSA) is 89.5 Å². The standard InChI is InChI=1S/C16H21N3O4S/c1-16(2,3)23-15(21)17-9-11(14(20)22-4)18-13-10-7-5-6-8-12(10)24-19-13/h5-8,11H,9H2,1-4H3,(H,17,21)(H,18,19). The summed E-state index contributed by atoms with van der Waals surface area (Å²) < 4.78 is 15.3. The molecule has 7 nitrogen and oxygen atoms in total. The highest BCUT2D eigenvalue weighted by Gasteiger charge is 2.23. The summed E-state index contributed by atoms with van der Waals surface area (Å²) in [5.74, 6) is 0.0835. The molecule has 8 heteroatoms. The SMILES string of the molecule is COC(=O)C(CNC(=O)OC(C)(C)C)Nc1nsc2ccccc12. The Morgan fingerprint density at radius 3 is 2.67 bits per heavy atom. The number of nitrogens with zero attached hydrogens (tertiary/aromatic N) is 1. The Balaban J connectivity index is 2.06. The van der Waals surface area contributed by atoms with E-state index in [4.69, 9.17) is 9.47 Å². The van der Waals surface area contributed by atoms with Gasteiger partial charge in [0.05, 0.1) is 18.4 Å². The molecule has 0 fully saturated rings. The van der Waals surface area contributed by atoms with Crippen LogP contribution in [-0.4, -0.2) is 41.7 Å². The molecule has 1 atom stereocenters. The summed E-state index contributed by atoms with van der Waals surface area (Å²) in [7, 11) is 1.30. The van der Waals surface area contributed by atoms with Crippen molar-refractivity contribution in [3.8, 4) is 0 Å². The Morgan fingerprint density at radius 2 is 2.00 bits per heavy atom. The van der Waals surface area contributed by atoms with Gasteiger partial charge in [-0.05, 0) is 44.4 Å². The van der Waals surface area contributed by atoms with E-state index in [1.165, 1.54) is 18.6 Å². The van der Waals surface area contributed by atoms with E-state index < -0.39 is 23.7 Å². The number of anilines is 1. The highest BCUT2D eigenvalue weighted by molar-refractivity contribution is 7.13. The summed E-state index contributed by atoms with van der Waals surface area (Å²) in [6, 6.07) is 6.91. The van der Waals surface area contributed by atoms with Gasteiger partial charge in [0, 0.05) is 5.39 Å². The Bertz CT molecular complexity index is 723. The summed E-state index contributed by atoms with van der Waals surface area (Å²) in [5.41, 5.74) is -0.608. The number of ether oxygens (including phenoxy) is 2. The van der Waals surface area contributed by atoms with E-state index in [0.29, 0.717) is 5.82 Å². The molecule has 0 aliphatic carbocycles. The molecule has 1 aromatic heterocycles. The summed E-state index contributed by atoms with van der Waals surface area (Å²) in [6.45, 7) is 5.32. The van der Waals surface area contributed by atoms with Crippen LogP contribution in [0.5, 0.6) is 0 Å². The first-order valence-electron chi connectivity index (χ1n) is 7.46. The maximum atomic E-state index is 12.0. The molecule has 24 heavy (non-hydrogen) atoms. The van der Waals surface area contributed by atoms with Gasteiger partial charge in [-0.15, -0.1) is 0 Å². The molecule has 1 amide bonds. The van der Waals surface area contributed by atoms with Gasteiger partial charge < -0.3 is 20.1 Å². The molecule has 1 aromatic carbocycles. The van der Waals surface area contributed by atoms with Crippen molar-refractivity contribution in [3.63, 3.8) is 0 Å². The molecule has 0 aliphatic heterocycles. The van der Waals surface area contributed by atoms with Crippen molar-refractivity contribution < 1.29 is 19.1 Å².